The average Bonchev–Trinajstić information content (AvgIpc) is 3.04. The summed E-state index contributed by atoms with van der Waals surface area (Å²) < 4.78 is 1.66. The molecule has 0 saturated carbocycles. The molecule has 7 heteroatoms. The summed E-state index contributed by atoms with van der Waals surface area (Å²) in [5.41, 5.74) is 2.99. The molecule has 132 valence electrons. The summed E-state index contributed by atoms with van der Waals surface area (Å²) in [6.07, 6.45) is 1.57. The number of nitrogens with zero attached hydrogens (tertiary/aromatic N) is 3. The quantitative estimate of drug-likeness (QED) is 0.741. The van der Waals surface area contributed by atoms with Gasteiger partial charge in [0.15, 0.2) is 0 Å². The topological polar surface area (TPSA) is 88.9 Å². The number of benzene rings is 2. The van der Waals surface area contributed by atoms with Gasteiger partial charge in [-0.25, -0.2) is 9.67 Å². The number of aromatic nitrogens is 3. The van der Waals surface area contributed by atoms with Crippen LogP contribution in [0.1, 0.15) is 28.4 Å². The fraction of sp³-hybridized carbons (Fsp3) is 0.158. The van der Waals surface area contributed by atoms with Crippen molar-refractivity contribution >= 4 is 23.5 Å². The van der Waals surface area contributed by atoms with E-state index in [1.54, 1.807) is 29.2 Å². The van der Waals surface area contributed by atoms with Gasteiger partial charge in [0, 0.05) is 18.2 Å². The predicted molar refractivity (Wildman–Crippen MR) is 99.0 cm³/mol. The van der Waals surface area contributed by atoms with Gasteiger partial charge in [-0.1, -0.05) is 36.4 Å². The van der Waals surface area contributed by atoms with Crippen LogP contribution in [0.25, 0.3) is 0 Å². The van der Waals surface area contributed by atoms with Crippen molar-refractivity contribution in [2.75, 3.05) is 10.6 Å². The van der Waals surface area contributed by atoms with Gasteiger partial charge in [0.2, 0.25) is 11.9 Å². The van der Waals surface area contributed by atoms with Crippen molar-refractivity contribution in [3.8, 4) is 0 Å². The Bertz CT molecular complexity index is 934. The summed E-state index contributed by atoms with van der Waals surface area (Å²) in [7, 11) is 0. The number of amides is 2. The average molecular weight is 349 g/mol. The van der Waals surface area contributed by atoms with E-state index in [1.807, 2.05) is 37.3 Å². The maximum atomic E-state index is 12.4. The smallest absolute Gasteiger partial charge is 0.258 e. The first-order chi connectivity index (χ1) is 12.5. The van der Waals surface area contributed by atoms with Crippen LogP contribution in [-0.4, -0.2) is 26.6 Å². The number of anilines is 2. The van der Waals surface area contributed by atoms with Crippen LogP contribution in [0.3, 0.4) is 0 Å². The summed E-state index contributed by atoms with van der Waals surface area (Å²) in [5.74, 6) is -0.298. The van der Waals surface area contributed by atoms with Gasteiger partial charge < -0.3 is 5.32 Å². The molecular formula is C19H19N5O2. The molecule has 0 bridgehead atoms. The number of hydrogen-bond donors (Lipinski definition) is 2. The van der Waals surface area contributed by atoms with Crippen LogP contribution >= 0.6 is 0 Å². The lowest BCUT2D eigenvalue weighted by atomic mass is 10.1. The predicted octanol–water partition coefficient (Wildman–Crippen LogP) is 2.85. The Hall–Kier alpha value is -3.48. The second kappa shape index (κ2) is 7.60. The summed E-state index contributed by atoms with van der Waals surface area (Å²) >= 11 is 0. The number of nitrogens with one attached hydrogen (secondary N) is 2. The van der Waals surface area contributed by atoms with E-state index in [4.69, 9.17) is 0 Å². The first-order valence-corrected chi connectivity index (χ1v) is 8.14. The first kappa shape index (κ1) is 17.3. The van der Waals surface area contributed by atoms with Crippen LogP contribution in [0.5, 0.6) is 0 Å². The van der Waals surface area contributed by atoms with Gasteiger partial charge in [0.05, 0.1) is 6.54 Å². The standard InChI is InChI=1S/C19H19N5O2/c1-13-8-9-16(10-17(13)21-14(2)25)18(26)22-19-20-12-24(23-19)11-15-6-4-3-5-7-15/h3-10,12H,11H2,1-2H3,(H,21,25)(H,22,23,26). The summed E-state index contributed by atoms with van der Waals surface area (Å²) in [6.45, 7) is 3.86. The summed E-state index contributed by atoms with van der Waals surface area (Å²) in [6, 6.07) is 15.0. The second-order valence-electron chi connectivity index (χ2n) is 5.92. The Labute approximate surface area is 151 Å². The van der Waals surface area contributed by atoms with Gasteiger partial charge in [-0.15, -0.1) is 5.10 Å². The van der Waals surface area contributed by atoms with Crippen LogP contribution in [0.2, 0.25) is 0 Å². The van der Waals surface area contributed by atoms with Crippen molar-refractivity contribution in [3.63, 3.8) is 0 Å². The van der Waals surface area contributed by atoms with Gasteiger partial charge in [0.25, 0.3) is 5.91 Å². The third kappa shape index (κ3) is 4.32. The summed E-state index contributed by atoms with van der Waals surface area (Å²) in [4.78, 5) is 27.8. The Morgan fingerprint density at radius 1 is 1.08 bits per heavy atom. The van der Waals surface area contributed by atoms with Crippen molar-refractivity contribution < 1.29 is 9.59 Å². The van der Waals surface area contributed by atoms with E-state index in [0.29, 0.717) is 17.8 Å². The highest BCUT2D eigenvalue weighted by molar-refractivity contribution is 6.04. The third-order valence-electron chi connectivity index (χ3n) is 3.76. The molecule has 1 heterocycles. The number of hydrogen-bond acceptors (Lipinski definition) is 4. The molecule has 2 aromatic carbocycles. The van der Waals surface area contributed by atoms with Gasteiger partial charge in [-0.2, -0.15) is 0 Å². The SMILES string of the molecule is CC(=O)Nc1cc(C(=O)Nc2ncn(Cc3ccccc3)n2)ccc1C. The van der Waals surface area contributed by atoms with Crippen LogP contribution in [0, 0.1) is 6.92 Å². The monoisotopic (exact) mass is 349 g/mol. The molecule has 0 atom stereocenters. The third-order valence-corrected chi connectivity index (χ3v) is 3.76. The minimum Gasteiger partial charge on any atom is -0.326 e. The molecule has 0 aliphatic carbocycles. The minimum atomic E-state index is -0.339. The lowest BCUT2D eigenvalue weighted by Crippen LogP contribution is -2.15. The van der Waals surface area contributed by atoms with E-state index < -0.39 is 0 Å². The molecule has 26 heavy (non-hydrogen) atoms. The zero-order valence-corrected chi connectivity index (χ0v) is 14.6. The fourth-order valence-electron chi connectivity index (χ4n) is 2.46. The zero-order chi connectivity index (χ0) is 18.5. The molecular weight excluding hydrogens is 330 g/mol. The zero-order valence-electron chi connectivity index (χ0n) is 14.6. The first-order valence-electron chi connectivity index (χ1n) is 8.14. The van der Waals surface area contributed by atoms with Gasteiger partial charge in [0.1, 0.15) is 6.33 Å². The van der Waals surface area contributed by atoms with E-state index >= 15 is 0 Å². The lowest BCUT2D eigenvalue weighted by molar-refractivity contribution is -0.114. The number of rotatable bonds is 5. The Morgan fingerprint density at radius 2 is 1.85 bits per heavy atom. The maximum Gasteiger partial charge on any atom is 0.258 e. The summed E-state index contributed by atoms with van der Waals surface area (Å²) in [5, 5.41) is 9.64. The Morgan fingerprint density at radius 3 is 2.58 bits per heavy atom. The molecule has 7 nitrogen and oxygen atoms in total. The molecule has 3 rings (SSSR count). The molecule has 2 amide bonds. The van der Waals surface area contributed by atoms with Crippen LogP contribution in [0.4, 0.5) is 11.6 Å². The van der Waals surface area contributed by atoms with E-state index in [1.165, 1.54) is 6.92 Å². The largest absolute Gasteiger partial charge is 0.326 e. The van der Waals surface area contributed by atoms with Gasteiger partial charge >= 0.3 is 0 Å². The fourth-order valence-corrected chi connectivity index (χ4v) is 2.46. The molecule has 1 aromatic heterocycles. The van der Waals surface area contributed by atoms with E-state index in [9.17, 15) is 9.59 Å². The normalized spacial score (nSPS) is 10.4. The second-order valence-corrected chi connectivity index (χ2v) is 5.92. The highest BCUT2D eigenvalue weighted by atomic mass is 16.2. The van der Waals surface area contributed by atoms with E-state index in [2.05, 4.69) is 20.7 Å². The molecule has 2 N–H and O–H groups in total. The van der Waals surface area contributed by atoms with Crippen molar-refractivity contribution in [2.45, 2.75) is 20.4 Å². The highest BCUT2D eigenvalue weighted by Gasteiger charge is 2.11. The maximum absolute atomic E-state index is 12.4. The van der Waals surface area contributed by atoms with E-state index in [-0.39, 0.29) is 17.8 Å². The lowest BCUT2D eigenvalue weighted by Gasteiger charge is -2.08. The van der Waals surface area contributed by atoms with Crippen molar-refractivity contribution in [1.82, 2.24) is 14.8 Å². The number of carbonyl (C=O) groups is 2. The Balaban J connectivity index is 1.69. The molecule has 0 radical (unpaired) electrons. The van der Waals surface area contributed by atoms with Crippen LogP contribution in [-0.2, 0) is 11.3 Å². The number of aryl methyl sites for hydroxylation is 1. The molecule has 0 fully saturated rings. The molecule has 0 aliphatic heterocycles. The van der Waals surface area contributed by atoms with E-state index in [0.717, 1.165) is 11.1 Å². The molecule has 0 aliphatic rings. The number of carbonyl (C=O) groups excluding carboxylic acids is 2. The highest BCUT2D eigenvalue weighted by Crippen LogP contribution is 2.17. The van der Waals surface area contributed by atoms with Gasteiger partial charge in [-0.3, -0.25) is 14.9 Å². The Kier molecular flexibility index (Phi) is 5.07. The van der Waals surface area contributed by atoms with Crippen molar-refractivity contribution in [2.24, 2.45) is 0 Å². The molecule has 0 unspecified atom stereocenters. The van der Waals surface area contributed by atoms with Crippen molar-refractivity contribution in [3.05, 3.63) is 71.5 Å². The van der Waals surface area contributed by atoms with Crippen LogP contribution in [0.15, 0.2) is 54.9 Å². The minimum absolute atomic E-state index is 0.188. The molecule has 0 saturated heterocycles. The molecule has 3 aromatic rings. The van der Waals surface area contributed by atoms with Gasteiger partial charge in [-0.05, 0) is 30.2 Å². The van der Waals surface area contributed by atoms with Crippen LogP contribution < -0.4 is 10.6 Å². The van der Waals surface area contributed by atoms with Crippen molar-refractivity contribution in [1.29, 1.82) is 0 Å². The molecule has 0 spiro atoms.